The predicted molar refractivity (Wildman–Crippen MR) is 95.3 cm³/mol. The van der Waals surface area contributed by atoms with E-state index in [4.69, 9.17) is 0 Å². The predicted octanol–water partition coefficient (Wildman–Crippen LogP) is 0.0348. The van der Waals surface area contributed by atoms with Crippen LogP contribution in [0, 0.1) is 5.82 Å². The van der Waals surface area contributed by atoms with Crippen LogP contribution in [0.2, 0.25) is 0 Å². The summed E-state index contributed by atoms with van der Waals surface area (Å²) in [6.45, 7) is 1.83. The molecule has 26 heavy (non-hydrogen) atoms. The van der Waals surface area contributed by atoms with Crippen LogP contribution in [0.4, 0.5) is 4.39 Å². The summed E-state index contributed by atoms with van der Waals surface area (Å²) in [5.41, 5.74) is 4.53. The van der Waals surface area contributed by atoms with Crippen molar-refractivity contribution in [2.75, 3.05) is 6.26 Å². The van der Waals surface area contributed by atoms with E-state index >= 15 is 0 Å². The summed E-state index contributed by atoms with van der Waals surface area (Å²) in [5.74, 6) is -1.60. The van der Waals surface area contributed by atoms with Gasteiger partial charge in [0.05, 0.1) is 0 Å². The molecule has 128 valence electrons. The molecule has 1 atom stereocenters. The van der Waals surface area contributed by atoms with Crippen LogP contribution in [0.1, 0.15) is 30.0 Å². The molecule has 0 fully saturated rings. The van der Waals surface area contributed by atoms with Crippen molar-refractivity contribution in [2.45, 2.75) is 18.2 Å². The number of hydrogen-bond donors (Lipinski definition) is 0. The van der Waals surface area contributed by atoms with Crippen molar-refractivity contribution < 1.29 is 48.1 Å². The number of fused-ring (bicyclic) bond motifs is 1. The molecule has 1 aliphatic rings. The Morgan fingerprint density at radius 2 is 1.81 bits per heavy atom. The normalized spacial score (nSPS) is 15.6. The Bertz CT molecular complexity index is 946. The van der Waals surface area contributed by atoms with Crippen molar-refractivity contribution in [3.63, 3.8) is 0 Å². The summed E-state index contributed by atoms with van der Waals surface area (Å²) in [4.78, 5) is 11.8. The first-order chi connectivity index (χ1) is 11.9. The van der Waals surface area contributed by atoms with E-state index in [0.29, 0.717) is 11.1 Å². The Morgan fingerprint density at radius 1 is 1.15 bits per heavy atom. The van der Waals surface area contributed by atoms with Crippen LogP contribution in [0.25, 0.3) is 17.2 Å². The Balaban J connectivity index is 0.00000243. The van der Waals surface area contributed by atoms with Gasteiger partial charge in [-0.15, -0.1) is 0 Å². The zero-order valence-corrected chi connectivity index (χ0v) is 17.7. The van der Waals surface area contributed by atoms with Crippen molar-refractivity contribution in [3.8, 4) is 0 Å². The second-order valence-corrected chi connectivity index (χ2v) is 7.30. The maximum Gasteiger partial charge on any atom is 1.00 e. The number of carboxylic acids is 1. The molecule has 2 aromatic rings. The quantitative estimate of drug-likeness (QED) is 0.706. The van der Waals surface area contributed by atoms with Crippen LogP contribution in [-0.4, -0.2) is 16.4 Å². The number of halogens is 1. The standard InChI is InChI=1S/C20H17FO3S.Na/c1-12-17(9-13-3-6-15(7-4-13)25(2)24)16-8-5-14(21)10-19(16)18(12)11-20(22)23;/h3-10H,11H2,1-2H3,(H,22,23);/q;+1/p-1/b17-9-;. The summed E-state index contributed by atoms with van der Waals surface area (Å²) in [6.07, 6.45) is 3.29. The average Bonchev–Trinajstić information content (AvgIpc) is 2.80. The summed E-state index contributed by atoms with van der Waals surface area (Å²) in [6, 6.07) is 11.7. The van der Waals surface area contributed by atoms with Gasteiger partial charge in [-0.3, -0.25) is 4.21 Å². The van der Waals surface area contributed by atoms with Crippen molar-refractivity contribution in [3.05, 3.63) is 70.5 Å². The van der Waals surface area contributed by atoms with Gasteiger partial charge in [-0.2, -0.15) is 0 Å². The second-order valence-electron chi connectivity index (χ2n) is 5.92. The summed E-state index contributed by atoms with van der Waals surface area (Å²) >= 11 is 0. The molecule has 0 saturated carbocycles. The van der Waals surface area contributed by atoms with Crippen LogP contribution < -0.4 is 34.7 Å². The molecule has 1 unspecified atom stereocenters. The molecule has 0 radical (unpaired) electrons. The van der Waals surface area contributed by atoms with Crippen LogP contribution >= 0.6 is 0 Å². The number of carbonyl (C=O) groups is 1. The minimum absolute atomic E-state index is 0. The fourth-order valence-electron chi connectivity index (χ4n) is 3.05. The van der Waals surface area contributed by atoms with Gasteiger partial charge in [0, 0.05) is 34.3 Å². The third-order valence-electron chi connectivity index (χ3n) is 4.30. The van der Waals surface area contributed by atoms with Crippen LogP contribution in [0.5, 0.6) is 0 Å². The van der Waals surface area contributed by atoms with Crippen LogP contribution in [0.15, 0.2) is 52.9 Å². The van der Waals surface area contributed by atoms with Gasteiger partial charge in [0.2, 0.25) is 0 Å². The number of hydrogen-bond acceptors (Lipinski definition) is 3. The number of benzene rings is 2. The molecular weight excluding hydrogens is 362 g/mol. The third-order valence-corrected chi connectivity index (χ3v) is 5.23. The van der Waals surface area contributed by atoms with Crippen molar-refractivity contribution in [1.29, 1.82) is 0 Å². The van der Waals surface area contributed by atoms with E-state index in [1.54, 1.807) is 24.5 Å². The number of aliphatic carboxylic acids is 1. The molecule has 0 heterocycles. The molecular formula is C20H16FNaO3S. The average molecular weight is 378 g/mol. The van der Waals surface area contributed by atoms with Crippen molar-refractivity contribution in [2.24, 2.45) is 0 Å². The van der Waals surface area contributed by atoms with Gasteiger partial charge in [-0.25, -0.2) is 4.39 Å². The van der Waals surface area contributed by atoms with E-state index in [-0.39, 0.29) is 36.0 Å². The SMILES string of the molecule is CC1=C(CC(=O)[O-])c2cc(F)ccc2/C1=C\c1ccc(S(C)=O)cc1.[Na+]. The Labute approximate surface area is 176 Å². The van der Waals surface area contributed by atoms with E-state index in [0.717, 1.165) is 27.2 Å². The zero-order chi connectivity index (χ0) is 18.1. The van der Waals surface area contributed by atoms with Gasteiger partial charge in [0.1, 0.15) is 5.82 Å². The van der Waals surface area contributed by atoms with Crippen molar-refractivity contribution >= 4 is 34.0 Å². The Morgan fingerprint density at radius 3 is 2.38 bits per heavy atom. The number of carbonyl (C=O) groups excluding carboxylic acids is 1. The molecule has 3 rings (SSSR count). The molecule has 0 aromatic heterocycles. The first kappa shape index (κ1) is 20.8. The molecule has 0 spiro atoms. The molecule has 0 N–H and O–H groups in total. The summed E-state index contributed by atoms with van der Waals surface area (Å²) in [5, 5.41) is 11.1. The van der Waals surface area contributed by atoms with Crippen LogP contribution in [-0.2, 0) is 15.6 Å². The Kier molecular flexibility index (Phi) is 6.74. The first-order valence-corrected chi connectivity index (χ1v) is 9.28. The molecule has 0 aliphatic heterocycles. The fraction of sp³-hybridized carbons (Fsp3) is 0.150. The topological polar surface area (TPSA) is 57.2 Å². The largest absolute Gasteiger partial charge is 1.00 e. The molecule has 6 heteroatoms. The zero-order valence-electron chi connectivity index (χ0n) is 14.8. The van der Waals surface area contributed by atoms with Crippen molar-refractivity contribution in [1.82, 2.24) is 0 Å². The molecule has 2 aromatic carbocycles. The minimum Gasteiger partial charge on any atom is -0.550 e. The summed E-state index contributed by atoms with van der Waals surface area (Å²) in [7, 11) is -1.04. The van der Waals surface area contributed by atoms with E-state index in [1.165, 1.54) is 12.1 Å². The summed E-state index contributed by atoms with van der Waals surface area (Å²) < 4.78 is 25.1. The molecule has 3 nitrogen and oxygen atoms in total. The Hall–Kier alpha value is -1.53. The van der Waals surface area contributed by atoms with Gasteiger partial charge in [0.25, 0.3) is 0 Å². The monoisotopic (exact) mass is 378 g/mol. The van der Waals surface area contributed by atoms with Gasteiger partial charge >= 0.3 is 29.6 Å². The molecule has 0 amide bonds. The molecule has 0 saturated heterocycles. The van der Waals surface area contributed by atoms with Gasteiger partial charge in [-0.1, -0.05) is 18.2 Å². The third kappa shape index (κ3) is 4.23. The van der Waals surface area contributed by atoms with E-state index in [1.807, 2.05) is 25.1 Å². The van der Waals surface area contributed by atoms with Crippen LogP contribution in [0.3, 0.4) is 0 Å². The van der Waals surface area contributed by atoms with E-state index in [9.17, 15) is 18.5 Å². The fourth-order valence-corrected chi connectivity index (χ4v) is 3.57. The van der Waals surface area contributed by atoms with Gasteiger partial charge < -0.3 is 9.90 Å². The maximum absolute atomic E-state index is 13.6. The van der Waals surface area contributed by atoms with Gasteiger partial charge in [-0.05, 0) is 70.7 Å². The van der Waals surface area contributed by atoms with E-state index < -0.39 is 22.6 Å². The maximum atomic E-state index is 13.6. The number of rotatable bonds is 4. The first-order valence-electron chi connectivity index (χ1n) is 7.72. The number of carboxylic acid groups (broad SMARTS) is 1. The smallest absolute Gasteiger partial charge is 0.550 e. The number of allylic oxidation sites excluding steroid dienone is 2. The minimum atomic E-state index is -1.19. The van der Waals surface area contributed by atoms with Gasteiger partial charge in [0.15, 0.2) is 0 Å². The second kappa shape index (κ2) is 8.44. The molecule has 1 aliphatic carbocycles. The molecule has 0 bridgehead atoms. The van der Waals surface area contributed by atoms with E-state index in [2.05, 4.69) is 0 Å².